The average Bonchev–Trinajstić information content (AvgIpc) is 3.92. The molecule has 25 nitrogen and oxygen atoms in total. The summed E-state index contributed by atoms with van der Waals surface area (Å²) in [5.74, 6) is -3.95. The van der Waals surface area contributed by atoms with Crippen molar-refractivity contribution in [2.75, 3.05) is 82.2 Å². The summed E-state index contributed by atoms with van der Waals surface area (Å²) in [7, 11) is 9.10. The molecule has 76 heavy (non-hydrogen) atoms. The van der Waals surface area contributed by atoms with Crippen molar-refractivity contribution in [3.05, 3.63) is 47.2 Å². The van der Waals surface area contributed by atoms with Crippen LogP contribution in [0.3, 0.4) is 0 Å². The third kappa shape index (κ3) is 11.7. The molecule has 4 aliphatic heterocycles. The van der Waals surface area contributed by atoms with E-state index in [9.17, 15) is 54.9 Å². The summed E-state index contributed by atoms with van der Waals surface area (Å²) in [4.78, 5) is 56.3. The van der Waals surface area contributed by atoms with Crippen molar-refractivity contribution in [3.63, 3.8) is 0 Å². The van der Waals surface area contributed by atoms with Gasteiger partial charge in [-0.1, -0.05) is 13.8 Å². The van der Waals surface area contributed by atoms with Crippen LogP contribution < -0.4 is 18.9 Å². The molecule has 4 fully saturated rings. The quantitative estimate of drug-likeness (QED) is 0.0625. The number of aliphatic hydroxyl groups is 7. The van der Waals surface area contributed by atoms with Gasteiger partial charge in [-0.3, -0.25) is 14.5 Å². The van der Waals surface area contributed by atoms with Crippen molar-refractivity contribution in [2.24, 2.45) is 23.7 Å². The lowest BCUT2D eigenvalue weighted by molar-refractivity contribution is -0.383. The fourth-order valence-corrected chi connectivity index (χ4v) is 10.9. The second-order valence-electron chi connectivity index (χ2n) is 19.5. The van der Waals surface area contributed by atoms with Gasteiger partial charge in [-0.05, 0) is 60.9 Å². The third-order valence-corrected chi connectivity index (χ3v) is 14.9. The van der Waals surface area contributed by atoms with Gasteiger partial charge in [0.1, 0.15) is 73.9 Å². The standard InChI is InChI=1S/C33H40N2O9.C18H30O14/c1-38-19-7-8-20-21-9-10-35-16-18-13-27(44-32(36)17-11-25(39-2)30(41-4)26(12-17)40-3)31(42-5)28(33(37)43-6)22(18)15-24(35)29(21)34-23(20)14-19;1-7(2)16(27)29-5-10(21)28-4-9-11(22)13(24)14(25)17(30-9)32-18(6-20)15(26)12(23)8(3-19)31-18/h7-8,11-12,14,18,22,24,27-28,31,34H,9-10,13,15-16H2,1-6H3;7-9,11-15,17,19-20,22-26H,3-6H2,1-2H3/t18-,22+,24-,27-,28+,31+;8-,9-,11-,12-,13+,14-,15+,17-,18+/m11/s1. The van der Waals surface area contributed by atoms with E-state index in [2.05, 4.69) is 16.0 Å². The van der Waals surface area contributed by atoms with E-state index in [4.69, 9.17) is 56.8 Å². The summed E-state index contributed by atoms with van der Waals surface area (Å²) in [5.41, 5.74) is 3.83. The second kappa shape index (κ2) is 24.9. The number of carbonyl (C=O) groups excluding carboxylic acids is 4. The molecule has 0 unspecified atom stereocenters. The highest BCUT2D eigenvalue weighted by molar-refractivity contribution is 5.91. The van der Waals surface area contributed by atoms with Crippen molar-refractivity contribution < 1.29 is 112 Å². The van der Waals surface area contributed by atoms with Gasteiger partial charge in [0.15, 0.2) is 24.4 Å². The Morgan fingerprint density at radius 3 is 2.14 bits per heavy atom. The highest BCUT2D eigenvalue weighted by atomic mass is 16.8. The summed E-state index contributed by atoms with van der Waals surface area (Å²) in [6.07, 6.45) is -12.6. The number of nitrogens with zero attached hydrogens (tertiary/aromatic N) is 1. The van der Waals surface area contributed by atoms with E-state index >= 15 is 0 Å². The maximum Gasteiger partial charge on any atom is 0.344 e. The number of piperidine rings is 1. The molecule has 3 aromatic rings. The van der Waals surface area contributed by atoms with E-state index in [0.717, 1.165) is 37.2 Å². The molecular formula is C51H70N2O23. The number of aromatic nitrogens is 1. The van der Waals surface area contributed by atoms with Crippen LogP contribution in [-0.4, -0.2) is 219 Å². The first-order valence-corrected chi connectivity index (χ1v) is 24.8. The van der Waals surface area contributed by atoms with E-state index in [1.165, 1.54) is 45.1 Å². The molecule has 0 radical (unpaired) electrons. The molecule has 422 valence electrons. The lowest BCUT2D eigenvalue weighted by Crippen LogP contribution is -2.62. The average molecular weight is 1080 g/mol. The first-order valence-electron chi connectivity index (χ1n) is 24.8. The minimum Gasteiger partial charge on any atom is -0.497 e. The van der Waals surface area contributed by atoms with Crippen LogP contribution in [-0.2, 0) is 58.7 Å². The predicted octanol–water partition coefficient (Wildman–Crippen LogP) is -0.474. The number of nitrogens with one attached hydrogen (secondary N) is 1. The molecule has 1 saturated carbocycles. The molecule has 5 heterocycles. The number of fused-ring (bicyclic) bond motifs is 6. The van der Waals surface area contributed by atoms with Crippen molar-refractivity contribution in [2.45, 2.75) is 106 Å². The molecule has 1 aromatic heterocycles. The Morgan fingerprint density at radius 1 is 0.842 bits per heavy atom. The van der Waals surface area contributed by atoms with Gasteiger partial charge in [-0.15, -0.1) is 0 Å². The Bertz CT molecular complexity index is 2480. The van der Waals surface area contributed by atoms with Gasteiger partial charge in [-0.25, -0.2) is 9.59 Å². The van der Waals surface area contributed by atoms with Crippen molar-refractivity contribution in [1.82, 2.24) is 9.88 Å². The fourth-order valence-electron chi connectivity index (χ4n) is 10.9. The third-order valence-electron chi connectivity index (χ3n) is 14.9. The summed E-state index contributed by atoms with van der Waals surface area (Å²) in [5, 5.41) is 70.6. The van der Waals surface area contributed by atoms with Gasteiger partial charge < -0.3 is 97.6 Å². The maximum absolute atomic E-state index is 13.5. The summed E-state index contributed by atoms with van der Waals surface area (Å²) in [6, 6.07) is 9.40. The molecular weight excluding hydrogens is 1010 g/mol. The lowest BCUT2D eigenvalue weighted by atomic mass is 9.63. The van der Waals surface area contributed by atoms with Crippen LogP contribution in [0, 0.1) is 23.7 Å². The molecule has 1 aliphatic carbocycles. The monoisotopic (exact) mass is 1080 g/mol. The Kier molecular flexibility index (Phi) is 19.1. The van der Waals surface area contributed by atoms with Crippen LogP contribution in [0.1, 0.15) is 54.3 Å². The molecule has 8 N–H and O–H groups in total. The molecule has 2 aromatic carbocycles. The van der Waals surface area contributed by atoms with Gasteiger partial charge >= 0.3 is 23.9 Å². The van der Waals surface area contributed by atoms with Gasteiger partial charge in [0.05, 0.1) is 65.6 Å². The minimum atomic E-state index is -2.33. The van der Waals surface area contributed by atoms with Crippen LogP contribution in [0.2, 0.25) is 0 Å². The summed E-state index contributed by atoms with van der Waals surface area (Å²) < 4.78 is 64.5. The number of carbonyl (C=O) groups is 4. The lowest BCUT2D eigenvalue weighted by Gasteiger charge is -2.52. The number of rotatable bonds is 17. The Hall–Kier alpha value is -5.42. The van der Waals surface area contributed by atoms with Crippen molar-refractivity contribution in [3.8, 4) is 23.0 Å². The first kappa shape index (κ1) is 58.3. The molecule has 0 bridgehead atoms. The largest absolute Gasteiger partial charge is 0.497 e. The van der Waals surface area contributed by atoms with Crippen molar-refractivity contribution >= 4 is 34.8 Å². The smallest absolute Gasteiger partial charge is 0.344 e. The SMILES string of the molecule is CC(C)C(=O)OCC(=O)OC[C@H]1O[C@H](O[C@]2(CO)O[C@H](CO)[C@@H](O)[C@@H]2O)[C@H](O)[C@@H](O)[C@@H]1O.COC(=O)[C@H]1[C@H]2C[C@@H]3c4[nH]c5cc(OC)ccc5c4CCN3C[C@H]2C[C@@H](OC(=O)c2cc(OC)c(OC)c(OC)c2)[C@@H]1OC. The zero-order valence-electron chi connectivity index (χ0n) is 43.5. The van der Waals surface area contributed by atoms with Gasteiger partial charge in [0.2, 0.25) is 11.5 Å². The number of hydrogen-bond donors (Lipinski definition) is 8. The number of esters is 4. The van der Waals surface area contributed by atoms with Gasteiger partial charge in [0, 0.05) is 42.9 Å². The van der Waals surface area contributed by atoms with Crippen LogP contribution in [0.15, 0.2) is 30.3 Å². The zero-order chi connectivity index (χ0) is 55.3. The minimum absolute atomic E-state index is 0.0170. The number of aromatic amines is 1. The fraction of sp³-hybridized carbons (Fsp3) is 0.647. The zero-order valence-corrected chi connectivity index (χ0v) is 43.5. The van der Waals surface area contributed by atoms with E-state index in [0.29, 0.717) is 23.7 Å². The highest BCUT2D eigenvalue weighted by Gasteiger charge is 2.59. The highest BCUT2D eigenvalue weighted by Crippen LogP contribution is 2.51. The topological polar surface area (TPSA) is 340 Å². The number of benzene rings is 2. The predicted molar refractivity (Wildman–Crippen MR) is 259 cm³/mol. The normalized spacial score (nSPS) is 31.9. The molecule has 15 atom stereocenters. The van der Waals surface area contributed by atoms with E-state index in [-0.39, 0.29) is 29.4 Å². The van der Waals surface area contributed by atoms with Crippen LogP contribution in [0.5, 0.6) is 23.0 Å². The number of ether oxygens (including phenoxy) is 12. The number of hydrogen-bond acceptors (Lipinski definition) is 24. The molecule has 8 rings (SSSR count). The van der Waals surface area contributed by atoms with Gasteiger partial charge in [0.25, 0.3) is 0 Å². The molecule has 0 spiro atoms. The summed E-state index contributed by atoms with van der Waals surface area (Å²) in [6.45, 7) is 1.73. The van der Waals surface area contributed by atoms with E-state index in [1.54, 1.807) is 40.2 Å². The Morgan fingerprint density at radius 2 is 1.55 bits per heavy atom. The maximum atomic E-state index is 13.5. The Balaban J connectivity index is 0.000000234. The van der Waals surface area contributed by atoms with Crippen LogP contribution in [0.4, 0.5) is 0 Å². The molecule has 3 saturated heterocycles. The first-order chi connectivity index (χ1) is 36.3. The van der Waals surface area contributed by atoms with Gasteiger partial charge in [-0.2, -0.15) is 0 Å². The molecule has 25 heteroatoms. The molecule has 5 aliphatic rings. The Labute approximate surface area is 437 Å². The number of H-pyrrole nitrogens is 1. The van der Waals surface area contributed by atoms with Crippen LogP contribution >= 0.6 is 0 Å². The number of methoxy groups -OCH3 is 6. The number of aliphatic hydroxyl groups excluding tert-OH is 7. The molecule has 0 amide bonds. The van der Waals surface area contributed by atoms with Crippen molar-refractivity contribution in [1.29, 1.82) is 0 Å². The second-order valence-corrected chi connectivity index (χ2v) is 19.5. The summed E-state index contributed by atoms with van der Waals surface area (Å²) >= 11 is 0. The van der Waals surface area contributed by atoms with Crippen LogP contribution in [0.25, 0.3) is 10.9 Å². The van der Waals surface area contributed by atoms with E-state index in [1.807, 2.05) is 12.1 Å². The van der Waals surface area contributed by atoms with E-state index < -0.39 is 123 Å².